The van der Waals surface area contributed by atoms with Gasteiger partial charge in [-0.1, -0.05) is 418 Å². The molecule has 0 aromatic heterocycles. The molecule has 0 aromatic carbocycles. The van der Waals surface area contributed by atoms with Crippen LogP contribution < -0.4 is 5.32 Å². The fourth-order valence-electron chi connectivity index (χ4n) is 13.2. The highest BCUT2D eigenvalue weighted by Gasteiger charge is 2.20. The van der Waals surface area contributed by atoms with Gasteiger partial charge in [0.25, 0.3) is 0 Å². The number of aliphatic hydroxyl groups is 2. The van der Waals surface area contributed by atoms with E-state index in [0.717, 1.165) is 44.9 Å². The summed E-state index contributed by atoms with van der Waals surface area (Å²) in [5.74, 6) is -0.00811. The third kappa shape index (κ3) is 73.5. The average molecular weight is 1230 g/mol. The molecule has 0 aliphatic rings. The molecule has 0 saturated carbocycles. The molecule has 0 bridgehead atoms. The summed E-state index contributed by atoms with van der Waals surface area (Å²) in [7, 11) is 0. The van der Waals surface area contributed by atoms with E-state index in [0.29, 0.717) is 25.9 Å². The molecule has 0 aromatic rings. The normalized spacial score (nSPS) is 12.5. The van der Waals surface area contributed by atoms with E-state index in [-0.39, 0.29) is 18.5 Å². The number of ether oxygens (including phenoxy) is 1. The molecule has 6 heteroatoms. The molecule has 6 nitrogen and oxygen atoms in total. The second-order valence-corrected chi connectivity index (χ2v) is 28.1. The van der Waals surface area contributed by atoms with Crippen molar-refractivity contribution < 1.29 is 24.5 Å². The first-order valence-corrected chi connectivity index (χ1v) is 40.4. The number of amides is 1. The summed E-state index contributed by atoms with van der Waals surface area (Å²) in [6.45, 7) is 5.01. The van der Waals surface area contributed by atoms with Gasteiger partial charge in [-0.2, -0.15) is 0 Å². The number of nitrogens with one attached hydrogen (secondary N) is 1. The Labute approximate surface area is 546 Å². The number of carbonyl (C=O) groups is 2. The third-order valence-electron chi connectivity index (χ3n) is 19.3. The van der Waals surface area contributed by atoms with Gasteiger partial charge in [-0.05, 0) is 51.4 Å². The standard InChI is InChI=1S/C81H159NO5/c1-3-5-7-9-11-13-15-17-19-21-23-24-25-32-35-38-41-45-49-53-57-61-65-69-73-79(84)78(77-83)82-80(85)74-70-66-62-58-54-50-46-42-39-36-33-30-28-26-27-29-31-34-37-40-44-48-52-56-60-64-68-72-76-87-81(86)75-71-67-63-59-55-51-47-43-22-20-18-16-14-12-10-8-6-4-2/h20,22,78-79,83-84H,3-19,21,23-77H2,1-2H3,(H,82,85)/b22-20-. The van der Waals surface area contributed by atoms with Crippen molar-refractivity contribution in [2.45, 2.75) is 482 Å². The summed E-state index contributed by atoms with van der Waals surface area (Å²) in [5.41, 5.74) is 0. The lowest BCUT2D eigenvalue weighted by atomic mass is 10.0. The van der Waals surface area contributed by atoms with Gasteiger partial charge in [0, 0.05) is 12.8 Å². The minimum absolute atomic E-state index is 0.0175. The van der Waals surface area contributed by atoms with Gasteiger partial charge >= 0.3 is 5.97 Å². The van der Waals surface area contributed by atoms with Crippen LogP contribution in [0.5, 0.6) is 0 Å². The van der Waals surface area contributed by atoms with E-state index in [1.165, 1.54) is 392 Å². The highest BCUT2D eigenvalue weighted by atomic mass is 16.5. The second kappa shape index (κ2) is 77.1. The summed E-state index contributed by atoms with van der Waals surface area (Å²) in [5, 5.41) is 23.5. The molecule has 0 spiro atoms. The topological polar surface area (TPSA) is 95.9 Å². The monoisotopic (exact) mass is 1230 g/mol. The molecule has 0 aliphatic carbocycles. The zero-order valence-electron chi connectivity index (χ0n) is 59.5. The largest absolute Gasteiger partial charge is 0.466 e. The number of hydrogen-bond donors (Lipinski definition) is 3. The summed E-state index contributed by atoms with van der Waals surface area (Å²) < 4.78 is 5.51. The van der Waals surface area contributed by atoms with Gasteiger partial charge in [0.15, 0.2) is 0 Å². The fourth-order valence-corrected chi connectivity index (χ4v) is 13.2. The maximum atomic E-state index is 12.6. The Morgan fingerprint density at radius 1 is 0.310 bits per heavy atom. The Balaban J connectivity index is 3.34. The van der Waals surface area contributed by atoms with Crippen LogP contribution in [-0.2, 0) is 14.3 Å². The summed E-state index contributed by atoms with van der Waals surface area (Å²) >= 11 is 0. The number of hydrogen-bond acceptors (Lipinski definition) is 5. The van der Waals surface area contributed by atoms with E-state index in [1.807, 2.05) is 0 Å². The SMILES string of the molecule is CCCCCCCCC/C=C\CCCCCCCCCC(=O)OCCCCCCCCCCCCCCCCCCCCCCCCCCCCCCC(=O)NC(CO)C(O)CCCCCCCCCCCCCCCCCCCCCCCCCC. The minimum Gasteiger partial charge on any atom is -0.466 e. The van der Waals surface area contributed by atoms with Crippen molar-refractivity contribution in [3.8, 4) is 0 Å². The molecule has 2 unspecified atom stereocenters. The lowest BCUT2D eigenvalue weighted by Gasteiger charge is -2.22. The third-order valence-corrected chi connectivity index (χ3v) is 19.3. The molecule has 0 fully saturated rings. The lowest BCUT2D eigenvalue weighted by molar-refractivity contribution is -0.143. The van der Waals surface area contributed by atoms with Crippen molar-refractivity contribution in [2.24, 2.45) is 0 Å². The molecule has 2 atom stereocenters. The quantitative estimate of drug-likeness (QED) is 0.0320. The van der Waals surface area contributed by atoms with E-state index < -0.39 is 12.1 Å². The second-order valence-electron chi connectivity index (χ2n) is 28.1. The Hall–Kier alpha value is -1.40. The van der Waals surface area contributed by atoms with Crippen molar-refractivity contribution >= 4 is 11.9 Å². The van der Waals surface area contributed by atoms with Crippen molar-refractivity contribution in [3.63, 3.8) is 0 Å². The van der Waals surface area contributed by atoms with Gasteiger partial charge in [0.05, 0.1) is 25.4 Å². The first kappa shape index (κ1) is 85.6. The summed E-state index contributed by atoms with van der Waals surface area (Å²) in [6, 6.07) is -0.540. The van der Waals surface area contributed by atoms with Crippen molar-refractivity contribution in [2.75, 3.05) is 13.2 Å². The fraction of sp³-hybridized carbons (Fsp3) is 0.951. The van der Waals surface area contributed by atoms with Gasteiger partial charge in [-0.3, -0.25) is 9.59 Å². The van der Waals surface area contributed by atoms with Crippen LogP contribution in [0, 0.1) is 0 Å². The number of esters is 1. The summed E-state index contributed by atoms with van der Waals surface area (Å²) in [6.07, 6.45) is 97.3. The van der Waals surface area contributed by atoms with E-state index in [4.69, 9.17) is 4.74 Å². The summed E-state index contributed by atoms with van der Waals surface area (Å²) in [4.78, 5) is 24.7. The van der Waals surface area contributed by atoms with Crippen LogP contribution in [0.1, 0.15) is 470 Å². The lowest BCUT2D eigenvalue weighted by Crippen LogP contribution is -2.45. The molecule has 0 rings (SSSR count). The smallest absolute Gasteiger partial charge is 0.305 e. The molecule has 0 aliphatic heterocycles. The van der Waals surface area contributed by atoms with Gasteiger partial charge in [-0.15, -0.1) is 0 Å². The van der Waals surface area contributed by atoms with Crippen LogP contribution in [0.15, 0.2) is 12.2 Å². The zero-order chi connectivity index (χ0) is 62.8. The van der Waals surface area contributed by atoms with E-state index in [9.17, 15) is 19.8 Å². The molecule has 0 saturated heterocycles. The number of allylic oxidation sites excluding steroid dienone is 2. The van der Waals surface area contributed by atoms with E-state index in [1.54, 1.807) is 0 Å². The highest BCUT2D eigenvalue weighted by molar-refractivity contribution is 5.76. The van der Waals surface area contributed by atoms with Crippen LogP contribution >= 0.6 is 0 Å². The van der Waals surface area contributed by atoms with Gasteiger partial charge in [-0.25, -0.2) is 0 Å². The predicted octanol–water partition coefficient (Wildman–Crippen LogP) is 26.7. The van der Waals surface area contributed by atoms with Gasteiger partial charge < -0.3 is 20.3 Å². The first-order chi connectivity index (χ1) is 43.0. The Morgan fingerprint density at radius 2 is 0.540 bits per heavy atom. The van der Waals surface area contributed by atoms with Crippen molar-refractivity contribution in [1.29, 1.82) is 0 Å². The number of unbranched alkanes of at least 4 members (excludes halogenated alkanes) is 64. The van der Waals surface area contributed by atoms with Crippen LogP contribution in [0.25, 0.3) is 0 Å². The van der Waals surface area contributed by atoms with Crippen molar-refractivity contribution in [1.82, 2.24) is 5.32 Å². The molecule has 0 heterocycles. The minimum atomic E-state index is -0.663. The molecule has 3 N–H and O–H groups in total. The molecular formula is C81H159NO5. The number of carbonyl (C=O) groups excluding carboxylic acids is 2. The molecular weight excluding hydrogens is 1070 g/mol. The number of aliphatic hydroxyl groups excluding tert-OH is 2. The van der Waals surface area contributed by atoms with Crippen LogP contribution in [-0.4, -0.2) is 47.4 Å². The Morgan fingerprint density at radius 3 is 0.816 bits per heavy atom. The Kier molecular flexibility index (Phi) is 75.8. The first-order valence-electron chi connectivity index (χ1n) is 40.4. The van der Waals surface area contributed by atoms with Crippen LogP contribution in [0.3, 0.4) is 0 Å². The van der Waals surface area contributed by atoms with Crippen molar-refractivity contribution in [3.05, 3.63) is 12.2 Å². The Bertz CT molecular complexity index is 1320. The number of rotatable bonds is 77. The molecule has 1 amide bonds. The van der Waals surface area contributed by atoms with Crippen LogP contribution in [0.4, 0.5) is 0 Å². The maximum Gasteiger partial charge on any atom is 0.305 e. The van der Waals surface area contributed by atoms with Crippen LogP contribution in [0.2, 0.25) is 0 Å². The maximum absolute atomic E-state index is 12.6. The van der Waals surface area contributed by atoms with Gasteiger partial charge in [0.1, 0.15) is 0 Å². The predicted molar refractivity (Wildman–Crippen MR) is 384 cm³/mol. The van der Waals surface area contributed by atoms with E-state index >= 15 is 0 Å². The van der Waals surface area contributed by atoms with Gasteiger partial charge in [0.2, 0.25) is 5.91 Å². The zero-order valence-corrected chi connectivity index (χ0v) is 59.5. The molecule has 0 radical (unpaired) electrons. The molecule has 87 heavy (non-hydrogen) atoms. The average Bonchev–Trinajstić information content (AvgIpc) is 3.53. The highest BCUT2D eigenvalue weighted by Crippen LogP contribution is 2.20. The van der Waals surface area contributed by atoms with E-state index in [2.05, 4.69) is 31.3 Å². The molecule has 518 valence electrons.